The standard InChI is InChI=1S/C22H26N2O.C12H18N2O.C3H4.C2H6/c1-6-14(2)22-15(3)21(13-24(22)5)23-20-10-7-17-11-18(16(4)25)8-9-19(20)12-17;1-4-12(15)14-11-7-10(8-13-3)6-5-9(11)2;1-3-2;1-2/h6,8-9,11-13,17,20,23H,1-2,7,10H2,3-5H3;5-7,13H,4,8H2,1-3H3,(H,14,15);1H,2H3;1-2H3. The van der Waals surface area contributed by atoms with Crippen LogP contribution in [0.5, 0.6) is 0 Å². The maximum Gasteiger partial charge on any atom is 0.224 e. The van der Waals surface area contributed by atoms with Crippen molar-refractivity contribution >= 4 is 28.6 Å². The summed E-state index contributed by atoms with van der Waals surface area (Å²) >= 11 is 0. The van der Waals surface area contributed by atoms with Crippen LogP contribution in [0.2, 0.25) is 0 Å². The molecule has 6 nitrogen and oxygen atoms in total. The molecule has 2 aliphatic carbocycles. The van der Waals surface area contributed by atoms with Gasteiger partial charge in [0.05, 0.1) is 17.4 Å². The maximum absolute atomic E-state index is 11.7. The first-order valence-electron chi connectivity index (χ1n) is 15.8. The fourth-order valence-electron chi connectivity index (χ4n) is 5.14. The minimum absolute atomic E-state index is 0.0553. The highest BCUT2D eigenvalue weighted by molar-refractivity contribution is 5.96. The normalized spacial score (nSPS) is 15.8. The Bertz CT molecular complexity index is 1460. The number of amides is 1. The monoisotopic (exact) mass is 610 g/mol. The Morgan fingerprint density at radius 3 is 2.38 bits per heavy atom. The molecule has 0 radical (unpaired) electrons. The van der Waals surface area contributed by atoms with E-state index in [1.165, 1.54) is 16.7 Å². The quantitative estimate of drug-likeness (QED) is 0.197. The predicted octanol–water partition coefficient (Wildman–Crippen LogP) is 8.46. The molecule has 2 bridgehead atoms. The Morgan fingerprint density at radius 1 is 1.13 bits per heavy atom. The number of nitrogens with one attached hydrogen (secondary N) is 3. The second kappa shape index (κ2) is 19.8. The number of hydrogen-bond acceptors (Lipinski definition) is 4. The Morgan fingerprint density at radius 2 is 1.80 bits per heavy atom. The summed E-state index contributed by atoms with van der Waals surface area (Å²) in [6, 6.07) is 6.36. The molecule has 1 aromatic heterocycles. The molecule has 2 atom stereocenters. The molecule has 0 aliphatic heterocycles. The largest absolute Gasteiger partial charge is 0.377 e. The third-order valence-corrected chi connectivity index (χ3v) is 7.45. The van der Waals surface area contributed by atoms with Crippen molar-refractivity contribution in [1.82, 2.24) is 9.88 Å². The molecule has 0 spiro atoms. The van der Waals surface area contributed by atoms with Crippen molar-refractivity contribution in [2.24, 2.45) is 13.0 Å². The Balaban J connectivity index is 0.000000432. The highest BCUT2D eigenvalue weighted by Crippen LogP contribution is 2.33. The molecule has 45 heavy (non-hydrogen) atoms. The second-order valence-corrected chi connectivity index (χ2v) is 10.8. The first kappa shape index (κ1) is 38.7. The molecule has 3 N–H and O–H groups in total. The van der Waals surface area contributed by atoms with Crippen LogP contribution in [0.3, 0.4) is 0 Å². The molecule has 0 saturated carbocycles. The molecule has 1 amide bonds. The number of carbonyl (C=O) groups is 2. The fourth-order valence-corrected chi connectivity index (χ4v) is 5.14. The van der Waals surface area contributed by atoms with Gasteiger partial charge in [-0.15, -0.1) is 12.3 Å². The summed E-state index contributed by atoms with van der Waals surface area (Å²) in [7, 11) is 3.94. The van der Waals surface area contributed by atoms with Gasteiger partial charge in [0, 0.05) is 37.5 Å². The average Bonchev–Trinajstić information content (AvgIpc) is 3.18. The number of benzene rings is 1. The Hall–Kier alpha value is -4.34. The number of fused-ring (bicyclic) bond motifs is 1. The summed E-state index contributed by atoms with van der Waals surface area (Å²) in [5.74, 6) is 2.79. The van der Waals surface area contributed by atoms with Gasteiger partial charge in [-0.1, -0.05) is 76.4 Å². The summed E-state index contributed by atoms with van der Waals surface area (Å²) in [5.41, 5.74) is 9.62. The number of ketones is 1. The Labute approximate surface area is 272 Å². The molecule has 1 heterocycles. The number of anilines is 2. The smallest absolute Gasteiger partial charge is 0.224 e. The Kier molecular flexibility index (Phi) is 17.1. The lowest BCUT2D eigenvalue weighted by atomic mass is 9.87. The minimum atomic E-state index is 0.0553. The van der Waals surface area contributed by atoms with Crippen LogP contribution in [-0.4, -0.2) is 29.3 Å². The molecule has 4 rings (SSSR count). The van der Waals surface area contributed by atoms with Crippen LogP contribution in [0.15, 0.2) is 79.1 Å². The predicted molar refractivity (Wildman–Crippen MR) is 194 cm³/mol. The molecule has 2 aromatic rings. The third kappa shape index (κ3) is 11.6. The summed E-state index contributed by atoms with van der Waals surface area (Å²) in [5, 5.41) is 9.67. The van der Waals surface area contributed by atoms with Crippen LogP contribution in [-0.2, 0) is 23.2 Å². The van der Waals surface area contributed by atoms with E-state index in [9.17, 15) is 9.59 Å². The van der Waals surface area contributed by atoms with Crippen molar-refractivity contribution in [2.45, 2.75) is 80.3 Å². The highest BCUT2D eigenvalue weighted by atomic mass is 16.1. The summed E-state index contributed by atoms with van der Waals surface area (Å²) < 4.78 is 2.10. The number of rotatable bonds is 9. The van der Waals surface area contributed by atoms with Crippen LogP contribution >= 0.6 is 0 Å². The van der Waals surface area contributed by atoms with E-state index in [0.29, 0.717) is 12.3 Å². The number of aromatic nitrogens is 1. The molecular formula is C39H54N4O2. The molecule has 1 aromatic carbocycles. The van der Waals surface area contributed by atoms with Crippen molar-refractivity contribution < 1.29 is 9.59 Å². The zero-order valence-electron chi connectivity index (χ0n) is 28.9. The number of terminal acetylenes is 1. The van der Waals surface area contributed by atoms with E-state index >= 15 is 0 Å². The zero-order valence-corrected chi connectivity index (χ0v) is 28.9. The first-order chi connectivity index (χ1) is 21.5. The van der Waals surface area contributed by atoms with Gasteiger partial charge in [0.15, 0.2) is 5.78 Å². The summed E-state index contributed by atoms with van der Waals surface area (Å²) in [6.45, 7) is 22.0. The lowest BCUT2D eigenvalue weighted by Gasteiger charge is -2.27. The molecule has 2 aliphatic rings. The topological polar surface area (TPSA) is 75.2 Å². The van der Waals surface area contributed by atoms with Crippen molar-refractivity contribution in [3.63, 3.8) is 0 Å². The number of Topliss-reactive ketones (excluding diaryl/α,β-unsaturated/α-hetero) is 1. The summed E-state index contributed by atoms with van der Waals surface area (Å²) in [4.78, 5) is 23.0. The number of allylic oxidation sites excluding steroid dienone is 6. The van der Waals surface area contributed by atoms with Gasteiger partial charge in [-0.2, -0.15) is 0 Å². The van der Waals surface area contributed by atoms with Gasteiger partial charge in [-0.3, -0.25) is 9.59 Å². The van der Waals surface area contributed by atoms with E-state index < -0.39 is 0 Å². The third-order valence-electron chi connectivity index (χ3n) is 7.45. The molecule has 2 unspecified atom stereocenters. The van der Waals surface area contributed by atoms with Crippen LogP contribution in [0, 0.1) is 32.1 Å². The number of hydrogen-bond donors (Lipinski definition) is 3. The lowest BCUT2D eigenvalue weighted by molar-refractivity contribution is -0.116. The van der Waals surface area contributed by atoms with Gasteiger partial charge in [0.2, 0.25) is 5.91 Å². The summed E-state index contributed by atoms with van der Waals surface area (Å²) in [6.07, 6.45) is 19.6. The van der Waals surface area contributed by atoms with Crippen molar-refractivity contribution in [1.29, 1.82) is 0 Å². The first-order valence-corrected chi connectivity index (χ1v) is 15.8. The van der Waals surface area contributed by atoms with Gasteiger partial charge in [0.1, 0.15) is 0 Å². The maximum atomic E-state index is 11.7. The van der Waals surface area contributed by atoms with Crippen molar-refractivity contribution in [3.8, 4) is 12.3 Å². The average molecular weight is 611 g/mol. The second-order valence-electron chi connectivity index (χ2n) is 10.8. The van der Waals surface area contributed by atoms with E-state index in [2.05, 4.69) is 83.4 Å². The minimum Gasteiger partial charge on any atom is -0.377 e. The van der Waals surface area contributed by atoms with Gasteiger partial charge in [-0.05, 0) is 87.4 Å². The number of carbonyl (C=O) groups excluding carboxylic acids is 2. The molecule has 0 fully saturated rings. The van der Waals surface area contributed by atoms with Gasteiger partial charge >= 0.3 is 0 Å². The van der Waals surface area contributed by atoms with Crippen LogP contribution in [0.4, 0.5) is 11.4 Å². The van der Waals surface area contributed by atoms with Crippen molar-refractivity contribution in [3.05, 3.63) is 101 Å². The van der Waals surface area contributed by atoms with E-state index in [1.54, 1.807) is 19.9 Å². The van der Waals surface area contributed by atoms with Gasteiger partial charge < -0.3 is 20.5 Å². The van der Waals surface area contributed by atoms with Crippen molar-refractivity contribution in [2.75, 3.05) is 17.7 Å². The molecular weight excluding hydrogens is 556 g/mol. The SMILES string of the molecule is C#CC.C=CC(=C)c1c(C)c(NC2CCC3C=C(C(C)=O)C=CC2=C3)cn1C.CC.CCC(=O)Nc1cc(CNC)ccc1C. The van der Waals surface area contributed by atoms with E-state index in [4.69, 9.17) is 0 Å². The zero-order chi connectivity index (χ0) is 34.1. The fraction of sp³-hybridized carbons (Fsp3) is 0.385. The van der Waals surface area contributed by atoms with Crippen LogP contribution in [0.25, 0.3) is 5.57 Å². The van der Waals surface area contributed by atoms with E-state index in [1.807, 2.05) is 60.0 Å². The lowest BCUT2D eigenvalue weighted by Crippen LogP contribution is -2.25. The number of aryl methyl sites for hydroxylation is 2. The van der Waals surface area contributed by atoms with Crippen LogP contribution < -0.4 is 16.0 Å². The van der Waals surface area contributed by atoms with Gasteiger partial charge in [0.25, 0.3) is 0 Å². The van der Waals surface area contributed by atoms with Crippen LogP contribution in [0.1, 0.15) is 76.3 Å². The van der Waals surface area contributed by atoms with E-state index in [-0.39, 0.29) is 17.7 Å². The molecule has 242 valence electrons. The molecule has 6 heteroatoms. The molecule has 0 saturated heterocycles. The van der Waals surface area contributed by atoms with E-state index in [0.717, 1.165) is 53.2 Å². The van der Waals surface area contributed by atoms with Gasteiger partial charge in [-0.25, -0.2) is 0 Å². The number of nitrogens with zero attached hydrogens (tertiary/aromatic N) is 1. The highest BCUT2D eigenvalue weighted by Gasteiger charge is 2.24.